The van der Waals surface area contributed by atoms with E-state index in [1.807, 2.05) is 0 Å². The number of hydrogen-bond acceptors (Lipinski definition) is 0. The van der Waals surface area contributed by atoms with Gasteiger partial charge in [-0.25, -0.2) is 0 Å². The van der Waals surface area contributed by atoms with Crippen LogP contribution in [0.5, 0.6) is 0 Å². The summed E-state index contributed by atoms with van der Waals surface area (Å²) in [5.74, 6) is 2.22. The van der Waals surface area contributed by atoms with Crippen molar-refractivity contribution in [3.05, 3.63) is 41.8 Å². The summed E-state index contributed by atoms with van der Waals surface area (Å²) in [5, 5.41) is 0. The molecule has 0 bridgehead atoms. The van der Waals surface area contributed by atoms with E-state index in [0.29, 0.717) is 5.92 Å². The van der Waals surface area contributed by atoms with E-state index in [1.54, 1.807) is 0 Å². The first-order valence-corrected chi connectivity index (χ1v) is 5.04. The van der Waals surface area contributed by atoms with Crippen LogP contribution in [-0.4, -0.2) is 0 Å². The normalized spacial score (nSPS) is 12.3. The predicted octanol–water partition coefficient (Wildman–Crippen LogP) is 4.18. The van der Waals surface area contributed by atoms with Gasteiger partial charge in [-0.1, -0.05) is 43.7 Å². The Morgan fingerprint density at radius 2 is 1.71 bits per heavy atom. The van der Waals surface area contributed by atoms with Gasteiger partial charge in [0.2, 0.25) is 0 Å². The first-order valence-electron chi connectivity index (χ1n) is 5.04. The van der Waals surface area contributed by atoms with E-state index < -0.39 is 0 Å². The third-order valence-corrected chi connectivity index (χ3v) is 2.45. The molecule has 1 aromatic carbocycles. The Labute approximate surface area is 102 Å². The summed E-state index contributed by atoms with van der Waals surface area (Å²) in [6.07, 6.45) is 2.52. The van der Waals surface area contributed by atoms with Crippen molar-refractivity contribution >= 4 is 0 Å². The van der Waals surface area contributed by atoms with Gasteiger partial charge >= 0.3 is 0 Å². The molecule has 0 saturated carbocycles. The fraction of sp³-hybridized carbons (Fsp3) is 0.462. The minimum Gasteiger partial charge on any atom is -0.320 e. The van der Waals surface area contributed by atoms with E-state index in [9.17, 15) is 0 Å². The molecule has 0 saturated heterocycles. The summed E-state index contributed by atoms with van der Waals surface area (Å²) in [5.41, 5.74) is 1.46. The minimum absolute atomic E-state index is 0. The summed E-state index contributed by atoms with van der Waals surface area (Å²) in [6.45, 7) is 6.72. The second-order valence-corrected chi connectivity index (χ2v) is 4.06. The number of benzene rings is 1. The molecule has 1 heteroatoms. The predicted molar refractivity (Wildman–Crippen MR) is 58.7 cm³/mol. The summed E-state index contributed by atoms with van der Waals surface area (Å²) in [6, 6.07) is 10.8. The van der Waals surface area contributed by atoms with Gasteiger partial charge in [0, 0.05) is 21.1 Å². The van der Waals surface area contributed by atoms with Crippen LogP contribution in [0, 0.1) is 5.92 Å². The van der Waals surface area contributed by atoms with Gasteiger partial charge in [-0.3, -0.25) is 0 Å². The third-order valence-electron chi connectivity index (χ3n) is 2.45. The molecule has 0 aromatic heterocycles. The molecule has 0 aliphatic carbocycles. The summed E-state index contributed by atoms with van der Waals surface area (Å²) in [7, 11) is 0. The smallest absolute Gasteiger partial charge is 0 e. The second-order valence-electron chi connectivity index (χ2n) is 4.06. The average Bonchev–Trinajstić information content (AvgIpc) is 2.15. The molecule has 14 heavy (non-hydrogen) atoms. The van der Waals surface area contributed by atoms with Gasteiger partial charge in [-0.2, -0.15) is 20.3 Å². The Balaban J connectivity index is 0.00000169. The van der Waals surface area contributed by atoms with E-state index in [2.05, 4.69) is 51.1 Å². The molecular formula is C13H19W-. The average molecular weight is 359 g/mol. The van der Waals surface area contributed by atoms with E-state index in [1.165, 1.54) is 24.3 Å². The van der Waals surface area contributed by atoms with Crippen molar-refractivity contribution in [3.63, 3.8) is 0 Å². The van der Waals surface area contributed by atoms with Crippen LogP contribution in [0.15, 0.2) is 30.3 Å². The van der Waals surface area contributed by atoms with E-state index >= 15 is 0 Å². The zero-order chi connectivity index (χ0) is 9.68. The van der Waals surface area contributed by atoms with Gasteiger partial charge in [0.1, 0.15) is 0 Å². The van der Waals surface area contributed by atoms with Crippen LogP contribution < -0.4 is 0 Å². The van der Waals surface area contributed by atoms with Crippen molar-refractivity contribution in [2.45, 2.75) is 39.5 Å². The SMILES string of the molecule is C[C-](C)CCC(C)c1ccccc1.[W]. The van der Waals surface area contributed by atoms with Crippen LogP contribution in [-0.2, 0) is 21.1 Å². The molecule has 1 atom stereocenters. The van der Waals surface area contributed by atoms with Crippen molar-refractivity contribution in [2.24, 2.45) is 0 Å². The fourth-order valence-corrected chi connectivity index (χ4v) is 1.45. The molecule has 0 nitrogen and oxygen atoms in total. The van der Waals surface area contributed by atoms with Crippen LogP contribution in [0.25, 0.3) is 0 Å². The van der Waals surface area contributed by atoms with Crippen LogP contribution in [0.2, 0.25) is 0 Å². The van der Waals surface area contributed by atoms with Gasteiger partial charge in [-0.15, -0.1) is 0 Å². The first-order chi connectivity index (χ1) is 6.20. The van der Waals surface area contributed by atoms with Gasteiger partial charge in [0.05, 0.1) is 0 Å². The molecule has 1 rings (SSSR count). The molecule has 0 N–H and O–H groups in total. The third kappa shape index (κ3) is 4.96. The molecule has 0 aliphatic heterocycles. The molecule has 0 heterocycles. The molecule has 78 valence electrons. The van der Waals surface area contributed by atoms with Crippen molar-refractivity contribution in [1.82, 2.24) is 0 Å². The molecule has 0 amide bonds. The van der Waals surface area contributed by atoms with Gasteiger partial charge in [0.25, 0.3) is 0 Å². The molecular weight excluding hydrogens is 340 g/mol. The Hall–Kier alpha value is -0.0917. The first kappa shape index (κ1) is 13.9. The van der Waals surface area contributed by atoms with Crippen LogP contribution in [0.4, 0.5) is 0 Å². The van der Waals surface area contributed by atoms with Crippen molar-refractivity contribution in [3.8, 4) is 0 Å². The largest absolute Gasteiger partial charge is 0.320 e. The zero-order valence-corrected chi connectivity index (χ0v) is 12.2. The molecule has 1 aromatic rings. The minimum atomic E-state index is 0. The van der Waals surface area contributed by atoms with Crippen molar-refractivity contribution in [1.29, 1.82) is 0 Å². The van der Waals surface area contributed by atoms with Gasteiger partial charge in [0.15, 0.2) is 0 Å². The number of rotatable bonds is 4. The Bertz CT molecular complexity index is 228. The fourth-order valence-electron chi connectivity index (χ4n) is 1.45. The van der Waals surface area contributed by atoms with Gasteiger partial charge in [-0.05, 0) is 11.5 Å². The van der Waals surface area contributed by atoms with Gasteiger partial charge < -0.3 is 5.92 Å². The van der Waals surface area contributed by atoms with Crippen molar-refractivity contribution < 1.29 is 21.1 Å². The van der Waals surface area contributed by atoms with Crippen molar-refractivity contribution in [2.75, 3.05) is 0 Å². The quantitative estimate of drug-likeness (QED) is 0.708. The van der Waals surface area contributed by atoms with E-state index in [0.717, 1.165) is 0 Å². The second kappa shape index (κ2) is 7.23. The maximum absolute atomic E-state index is 2.30. The Morgan fingerprint density at radius 3 is 2.21 bits per heavy atom. The summed E-state index contributed by atoms with van der Waals surface area (Å²) in [4.78, 5) is 0. The van der Waals surface area contributed by atoms with E-state index in [-0.39, 0.29) is 21.1 Å². The van der Waals surface area contributed by atoms with E-state index in [4.69, 9.17) is 0 Å². The summed E-state index contributed by atoms with van der Waals surface area (Å²) >= 11 is 0. The Kier molecular flexibility index (Phi) is 7.19. The standard InChI is InChI=1S/C13H19.W/c1-11(2)9-10-12(3)13-7-5-4-6-8-13;/h4-8,12H,9-10H2,1-3H3;/q-1;. The Morgan fingerprint density at radius 1 is 1.14 bits per heavy atom. The molecule has 1 unspecified atom stereocenters. The molecule has 0 spiro atoms. The monoisotopic (exact) mass is 359 g/mol. The molecule has 0 radical (unpaired) electrons. The topological polar surface area (TPSA) is 0 Å². The van der Waals surface area contributed by atoms with Crippen LogP contribution in [0.3, 0.4) is 0 Å². The maximum atomic E-state index is 2.30. The molecule has 0 aliphatic rings. The maximum Gasteiger partial charge on any atom is 0 e. The number of hydrogen-bond donors (Lipinski definition) is 0. The molecule has 0 fully saturated rings. The zero-order valence-electron chi connectivity index (χ0n) is 9.29. The van der Waals surface area contributed by atoms with Crippen LogP contribution in [0.1, 0.15) is 45.1 Å². The van der Waals surface area contributed by atoms with Crippen LogP contribution >= 0.6 is 0 Å². The summed E-state index contributed by atoms with van der Waals surface area (Å²) < 4.78 is 0.